The second-order valence-corrected chi connectivity index (χ2v) is 5.67. The molecule has 0 saturated carbocycles. The molecule has 0 aliphatic heterocycles. The Morgan fingerprint density at radius 2 is 2.35 bits per heavy atom. The minimum Gasteiger partial charge on any atom is -0.393 e. The van der Waals surface area contributed by atoms with Gasteiger partial charge in [0.25, 0.3) is 0 Å². The number of aryl methyl sites for hydroxylation is 1. The maximum Gasteiger partial charge on any atom is 0.168 e. The lowest BCUT2D eigenvalue weighted by Gasteiger charge is -2.01. The van der Waals surface area contributed by atoms with Crippen LogP contribution in [0.2, 0.25) is 5.02 Å². The van der Waals surface area contributed by atoms with Gasteiger partial charge in [0.05, 0.1) is 16.0 Å². The Labute approximate surface area is 114 Å². The van der Waals surface area contributed by atoms with E-state index in [9.17, 15) is 0 Å². The second kappa shape index (κ2) is 5.25. The van der Waals surface area contributed by atoms with E-state index in [1.807, 2.05) is 25.2 Å². The van der Waals surface area contributed by atoms with E-state index in [1.54, 1.807) is 11.8 Å². The molecule has 0 amide bonds. The van der Waals surface area contributed by atoms with Crippen LogP contribution in [0.4, 0.5) is 0 Å². The molecule has 17 heavy (non-hydrogen) atoms. The fraction of sp³-hybridized carbons (Fsp3) is 0.273. The Morgan fingerprint density at radius 1 is 1.59 bits per heavy atom. The molecule has 0 spiro atoms. The minimum atomic E-state index is 0.541. The number of aromatic nitrogens is 2. The Hall–Kier alpha value is -0.780. The van der Waals surface area contributed by atoms with Crippen molar-refractivity contribution in [1.82, 2.24) is 9.55 Å². The Balaban J connectivity index is 2.23. The van der Waals surface area contributed by atoms with E-state index < -0.39 is 0 Å². The lowest BCUT2D eigenvalue weighted by molar-refractivity contribution is 0.815. The van der Waals surface area contributed by atoms with Gasteiger partial charge in [0.1, 0.15) is 0 Å². The number of thiocarbonyl (C=S) groups is 1. The highest BCUT2D eigenvalue weighted by atomic mass is 35.5. The largest absolute Gasteiger partial charge is 0.393 e. The van der Waals surface area contributed by atoms with Gasteiger partial charge in [-0.15, -0.1) is 0 Å². The molecule has 0 radical (unpaired) electrons. The van der Waals surface area contributed by atoms with Crippen LogP contribution >= 0.6 is 35.6 Å². The van der Waals surface area contributed by atoms with Crippen molar-refractivity contribution < 1.29 is 0 Å². The molecule has 0 saturated heterocycles. The van der Waals surface area contributed by atoms with Gasteiger partial charge in [-0.2, -0.15) is 0 Å². The molecule has 1 heterocycles. The molecule has 0 unspecified atom stereocenters. The quantitative estimate of drug-likeness (QED) is 0.693. The van der Waals surface area contributed by atoms with Crippen LogP contribution in [0.3, 0.4) is 0 Å². The first kappa shape index (κ1) is 12.7. The zero-order valence-electron chi connectivity index (χ0n) is 9.31. The van der Waals surface area contributed by atoms with Crippen LogP contribution in [0.5, 0.6) is 0 Å². The van der Waals surface area contributed by atoms with Crippen LogP contribution in [0.15, 0.2) is 23.4 Å². The fourth-order valence-electron chi connectivity index (χ4n) is 1.52. The van der Waals surface area contributed by atoms with Gasteiger partial charge in [0, 0.05) is 24.2 Å². The summed E-state index contributed by atoms with van der Waals surface area (Å²) in [6, 6.07) is 5.71. The van der Waals surface area contributed by atoms with Crippen LogP contribution in [0, 0.1) is 0 Å². The van der Waals surface area contributed by atoms with Gasteiger partial charge in [-0.05, 0) is 18.2 Å². The number of benzene rings is 1. The Kier molecular flexibility index (Phi) is 3.91. The van der Waals surface area contributed by atoms with Gasteiger partial charge >= 0.3 is 0 Å². The predicted molar refractivity (Wildman–Crippen MR) is 77.9 cm³/mol. The van der Waals surface area contributed by atoms with E-state index in [-0.39, 0.29) is 0 Å². The van der Waals surface area contributed by atoms with Crippen molar-refractivity contribution in [3.63, 3.8) is 0 Å². The normalized spacial score (nSPS) is 10.9. The molecule has 3 nitrogen and oxygen atoms in total. The standard InChI is InChI=1S/C11H12ClN3S2/c1-15-9-3-2-7(12)6-8(9)14-11(15)17-5-4-10(13)16/h2-3,6H,4-5H2,1H3,(H2,13,16). The van der Waals surface area contributed by atoms with E-state index >= 15 is 0 Å². The van der Waals surface area contributed by atoms with Crippen molar-refractivity contribution >= 4 is 51.6 Å². The first-order valence-corrected chi connectivity index (χ1v) is 6.88. The number of hydrogen-bond acceptors (Lipinski definition) is 3. The fourth-order valence-corrected chi connectivity index (χ4v) is 2.88. The summed E-state index contributed by atoms with van der Waals surface area (Å²) in [6.45, 7) is 0. The van der Waals surface area contributed by atoms with Crippen molar-refractivity contribution in [3.05, 3.63) is 23.2 Å². The van der Waals surface area contributed by atoms with Crippen molar-refractivity contribution in [2.45, 2.75) is 11.6 Å². The van der Waals surface area contributed by atoms with Crippen molar-refractivity contribution in [1.29, 1.82) is 0 Å². The SMILES string of the molecule is Cn1c(SCCC(N)=S)nc2cc(Cl)ccc21. The molecule has 0 atom stereocenters. The second-order valence-electron chi connectivity index (χ2n) is 3.65. The number of nitrogens with zero attached hydrogens (tertiary/aromatic N) is 2. The van der Waals surface area contributed by atoms with E-state index in [2.05, 4.69) is 9.55 Å². The van der Waals surface area contributed by atoms with Gasteiger partial charge in [-0.25, -0.2) is 4.98 Å². The molecular weight excluding hydrogens is 274 g/mol. The van der Waals surface area contributed by atoms with Crippen LogP contribution in [0.1, 0.15) is 6.42 Å². The van der Waals surface area contributed by atoms with E-state index in [0.29, 0.717) is 10.0 Å². The van der Waals surface area contributed by atoms with Gasteiger partial charge in [0.15, 0.2) is 5.16 Å². The first-order valence-electron chi connectivity index (χ1n) is 5.11. The summed E-state index contributed by atoms with van der Waals surface area (Å²) >= 11 is 12.4. The van der Waals surface area contributed by atoms with Crippen molar-refractivity contribution in [2.24, 2.45) is 12.8 Å². The topological polar surface area (TPSA) is 43.8 Å². The Bertz CT molecular complexity index is 565. The smallest absolute Gasteiger partial charge is 0.168 e. The number of thioether (sulfide) groups is 1. The average Bonchev–Trinajstić information content (AvgIpc) is 2.55. The molecular formula is C11H12ClN3S2. The number of hydrogen-bond donors (Lipinski definition) is 1. The minimum absolute atomic E-state index is 0.541. The van der Waals surface area contributed by atoms with Crippen LogP contribution in [-0.2, 0) is 7.05 Å². The highest BCUT2D eigenvalue weighted by Crippen LogP contribution is 2.25. The van der Waals surface area contributed by atoms with Gasteiger partial charge in [0.2, 0.25) is 0 Å². The first-order chi connectivity index (χ1) is 8.08. The molecule has 0 aliphatic carbocycles. The molecule has 0 bridgehead atoms. The summed E-state index contributed by atoms with van der Waals surface area (Å²) in [4.78, 5) is 5.07. The number of rotatable bonds is 4. The molecule has 2 N–H and O–H groups in total. The number of imidazole rings is 1. The predicted octanol–water partition coefficient (Wildman–Crippen LogP) is 3.00. The molecule has 2 aromatic rings. The van der Waals surface area contributed by atoms with E-state index in [4.69, 9.17) is 29.6 Å². The van der Waals surface area contributed by atoms with Crippen LogP contribution < -0.4 is 5.73 Å². The van der Waals surface area contributed by atoms with Crippen LogP contribution in [-0.4, -0.2) is 20.3 Å². The van der Waals surface area contributed by atoms with Crippen molar-refractivity contribution in [3.8, 4) is 0 Å². The van der Waals surface area contributed by atoms with Gasteiger partial charge < -0.3 is 10.3 Å². The zero-order valence-corrected chi connectivity index (χ0v) is 11.7. The lowest BCUT2D eigenvalue weighted by Crippen LogP contribution is -2.08. The highest BCUT2D eigenvalue weighted by molar-refractivity contribution is 7.99. The lowest BCUT2D eigenvalue weighted by atomic mass is 10.3. The maximum atomic E-state index is 5.94. The molecule has 1 aromatic heterocycles. The van der Waals surface area contributed by atoms with Crippen LogP contribution in [0.25, 0.3) is 11.0 Å². The monoisotopic (exact) mass is 285 g/mol. The molecule has 0 aliphatic rings. The summed E-state index contributed by atoms with van der Waals surface area (Å²) in [5, 5.41) is 1.66. The molecule has 2 rings (SSSR count). The third-order valence-corrected chi connectivity index (χ3v) is 3.85. The summed E-state index contributed by atoms with van der Waals surface area (Å²) in [5.41, 5.74) is 7.45. The van der Waals surface area contributed by atoms with E-state index in [0.717, 1.165) is 28.4 Å². The van der Waals surface area contributed by atoms with Gasteiger partial charge in [-0.3, -0.25) is 0 Å². The number of halogens is 1. The average molecular weight is 286 g/mol. The summed E-state index contributed by atoms with van der Waals surface area (Å²) in [6.07, 6.45) is 0.726. The Morgan fingerprint density at radius 3 is 3.06 bits per heavy atom. The molecule has 1 aromatic carbocycles. The maximum absolute atomic E-state index is 5.94. The van der Waals surface area contributed by atoms with Crippen molar-refractivity contribution in [2.75, 3.05) is 5.75 Å². The summed E-state index contributed by atoms with van der Waals surface area (Å²) in [7, 11) is 1.99. The highest BCUT2D eigenvalue weighted by Gasteiger charge is 2.08. The number of nitrogens with two attached hydrogens (primary N) is 1. The molecule has 0 fully saturated rings. The molecule has 90 valence electrons. The number of fused-ring (bicyclic) bond motifs is 1. The van der Waals surface area contributed by atoms with Gasteiger partial charge in [-0.1, -0.05) is 35.6 Å². The molecule has 6 heteroatoms. The third-order valence-electron chi connectivity index (χ3n) is 2.38. The van der Waals surface area contributed by atoms with E-state index in [1.165, 1.54) is 0 Å². The zero-order chi connectivity index (χ0) is 12.4. The summed E-state index contributed by atoms with van der Waals surface area (Å²) in [5.74, 6) is 0.847. The summed E-state index contributed by atoms with van der Waals surface area (Å²) < 4.78 is 2.05. The third kappa shape index (κ3) is 2.91.